The molecule has 0 radical (unpaired) electrons. The van der Waals surface area contributed by atoms with Gasteiger partial charge in [0.25, 0.3) is 0 Å². The molecule has 0 aromatic rings. The number of carbonyl (C=O) groups excluding carboxylic acids is 3. The zero-order valence-corrected chi connectivity index (χ0v) is 30.4. The molecule has 8 nitrogen and oxygen atoms in total. The second-order valence-electron chi connectivity index (χ2n) is 9.51. The molecule has 0 spiro atoms. The lowest BCUT2D eigenvalue weighted by atomic mass is 10.00. The summed E-state index contributed by atoms with van der Waals surface area (Å²) in [5, 5.41) is 8.78. The van der Waals surface area contributed by atoms with Crippen molar-refractivity contribution in [2.45, 2.75) is 59.0 Å². The monoisotopic (exact) mass is 730 g/mol. The molecule has 0 saturated heterocycles. The predicted molar refractivity (Wildman–Crippen MR) is 207 cm³/mol. The van der Waals surface area contributed by atoms with Gasteiger partial charge in [-0.25, -0.2) is 9.59 Å². The van der Waals surface area contributed by atoms with Gasteiger partial charge in [0.1, 0.15) is 13.2 Å². The highest BCUT2D eigenvalue weighted by Crippen LogP contribution is 2.14. The van der Waals surface area contributed by atoms with E-state index in [-0.39, 0.29) is 18.8 Å². The molecule has 0 bridgehead atoms. The Morgan fingerprint density at radius 3 is 1.12 bits per heavy atom. The first kappa shape index (κ1) is 46.8. The standard InChI is InChI=1S/C48H26O8/c1-4-6-8-10-12-14-16-18-20-22-24-26-28-30-32-38-46(51)54-41-44(56-48(53)40-43(3)36-34-35-37-45(49)50)42-55-47(52)39-33-31-29-27-25-23-21-19-17-15-13-11-9-7-5-2/h43-44H,34-37,40-42H2,1-3H3,(H,49,50). The summed E-state index contributed by atoms with van der Waals surface area (Å²) in [4.78, 5) is 47.5. The van der Waals surface area contributed by atoms with E-state index in [1.807, 2.05) is 0 Å². The fraction of sp³-hybridized carbons (Fsp3) is 0.250. The number of unbranched alkanes of at least 4 members (excludes halogenated alkanes) is 1. The Kier molecular flexibility index (Phi) is 29.8. The molecule has 0 fully saturated rings. The van der Waals surface area contributed by atoms with Gasteiger partial charge in [0, 0.05) is 24.7 Å². The normalized spacial score (nSPS) is 7.29. The first-order valence-electron chi connectivity index (χ1n) is 15.9. The highest BCUT2D eigenvalue weighted by molar-refractivity contribution is 5.89. The average molecular weight is 731 g/mol. The van der Waals surface area contributed by atoms with Gasteiger partial charge < -0.3 is 19.3 Å². The van der Waals surface area contributed by atoms with Crippen LogP contribution in [0.25, 0.3) is 0 Å². The number of hydrogen-bond acceptors (Lipinski definition) is 7. The number of carboxylic acids is 1. The molecule has 1 atom stereocenters. The third-order valence-corrected chi connectivity index (χ3v) is 5.16. The summed E-state index contributed by atoms with van der Waals surface area (Å²) in [7, 11) is 0. The maximum absolute atomic E-state index is 12.6. The van der Waals surface area contributed by atoms with Crippen LogP contribution < -0.4 is 0 Å². The fourth-order valence-corrected chi connectivity index (χ4v) is 2.95. The van der Waals surface area contributed by atoms with E-state index in [4.69, 9.17) is 19.3 Å². The SMILES string of the molecule is CC#CC#CC#CC#CC#CC#CC#CC#CC(=O)OCC(COC(=O)C#CC#CC#CC#CC#CC#CC#CC#CC)OC(=O)CC(C)CCCCC(=O)O. The summed E-state index contributed by atoms with van der Waals surface area (Å²) in [6.07, 6.45) is 0.485. The zero-order valence-electron chi connectivity index (χ0n) is 30.4. The summed E-state index contributed by atoms with van der Waals surface area (Å²) < 4.78 is 15.5. The summed E-state index contributed by atoms with van der Waals surface area (Å²) >= 11 is 0. The Hall–Kier alpha value is -9.16. The Bertz CT molecular complexity index is 2400. The highest BCUT2D eigenvalue weighted by atomic mass is 16.6. The molecule has 266 valence electrons. The summed E-state index contributed by atoms with van der Waals surface area (Å²) in [6.45, 7) is 4.11. The molecule has 8 heteroatoms. The number of carbonyl (C=O) groups is 4. The van der Waals surface area contributed by atoms with Gasteiger partial charge in [0.2, 0.25) is 0 Å². The van der Waals surface area contributed by atoms with Crippen molar-refractivity contribution in [3.8, 4) is 189 Å². The smallest absolute Gasteiger partial charge is 0.385 e. The number of carboxylic acid groups (broad SMARTS) is 1. The van der Waals surface area contributed by atoms with Gasteiger partial charge in [-0.2, -0.15) is 0 Å². The van der Waals surface area contributed by atoms with E-state index in [9.17, 15) is 19.2 Å². The summed E-state index contributed by atoms with van der Waals surface area (Å²) in [5.41, 5.74) is 0. The van der Waals surface area contributed by atoms with Crippen molar-refractivity contribution < 1.29 is 38.5 Å². The lowest BCUT2D eigenvalue weighted by molar-refractivity contribution is -0.164. The molecular formula is C48H26O8. The molecule has 0 aliphatic heterocycles. The molecule has 56 heavy (non-hydrogen) atoms. The van der Waals surface area contributed by atoms with E-state index >= 15 is 0 Å². The fourth-order valence-electron chi connectivity index (χ4n) is 2.95. The third kappa shape index (κ3) is 34.7. The Labute approximate surface area is 329 Å². The maximum Gasteiger partial charge on any atom is 0.385 e. The summed E-state index contributed by atoms with van der Waals surface area (Å²) in [5.74, 6) is 74.0. The number of hydrogen-bond donors (Lipinski definition) is 1. The van der Waals surface area contributed by atoms with Crippen LogP contribution in [0.4, 0.5) is 0 Å². The molecular weight excluding hydrogens is 705 g/mol. The Morgan fingerprint density at radius 2 is 0.804 bits per heavy atom. The van der Waals surface area contributed by atoms with Crippen LogP contribution in [0.3, 0.4) is 0 Å². The minimum Gasteiger partial charge on any atom is -0.481 e. The molecule has 0 rings (SSSR count). The van der Waals surface area contributed by atoms with Crippen molar-refractivity contribution in [2.24, 2.45) is 5.92 Å². The van der Waals surface area contributed by atoms with Crippen LogP contribution in [0.15, 0.2) is 0 Å². The Balaban J connectivity index is 5.31. The van der Waals surface area contributed by atoms with Crippen molar-refractivity contribution in [2.75, 3.05) is 13.2 Å². The molecule has 0 saturated carbocycles. The van der Waals surface area contributed by atoms with Crippen LogP contribution in [0, 0.1) is 195 Å². The average Bonchev–Trinajstić information content (AvgIpc) is 3.17. The highest BCUT2D eigenvalue weighted by Gasteiger charge is 2.20. The van der Waals surface area contributed by atoms with Gasteiger partial charge in [-0.15, -0.1) is 0 Å². The first-order valence-corrected chi connectivity index (χ1v) is 15.9. The largest absolute Gasteiger partial charge is 0.481 e. The van der Waals surface area contributed by atoms with E-state index in [1.54, 1.807) is 20.8 Å². The van der Waals surface area contributed by atoms with E-state index < -0.39 is 43.2 Å². The van der Waals surface area contributed by atoms with Crippen molar-refractivity contribution >= 4 is 23.9 Å². The molecule has 0 aliphatic carbocycles. The molecule has 0 aromatic carbocycles. The molecule has 1 N–H and O–H groups in total. The van der Waals surface area contributed by atoms with Crippen LogP contribution in [0.1, 0.15) is 52.9 Å². The molecule has 0 aliphatic rings. The minimum atomic E-state index is -1.20. The quantitative estimate of drug-likeness (QED) is 0.106. The van der Waals surface area contributed by atoms with Crippen LogP contribution in [-0.2, 0) is 33.4 Å². The molecule has 0 aromatic heterocycles. The van der Waals surface area contributed by atoms with Gasteiger partial charge in [0.15, 0.2) is 6.10 Å². The van der Waals surface area contributed by atoms with Crippen molar-refractivity contribution in [1.29, 1.82) is 0 Å². The van der Waals surface area contributed by atoms with Gasteiger partial charge in [-0.3, -0.25) is 9.59 Å². The van der Waals surface area contributed by atoms with Crippen molar-refractivity contribution in [3.05, 3.63) is 0 Å². The molecule has 0 heterocycles. The predicted octanol–water partition coefficient (Wildman–Crippen LogP) is 1.75. The third-order valence-electron chi connectivity index (χ3n) is 5.16. The van der Waals surface area contributed by atoms with Crippen LogP contribution in [0.5, 0.6) is 0 Å². The van der Waals surface area contributed by atoms with Gasteiger partial charge in [-0.05, 0) is 192 Å². The number of aliphatic carboxylic acids is 1. The van der Waals surface area contributed by atoms with Crippen molar-refractivity contribution in [1.82, 2.24) is 0 Å². The number of rotatable bonds is 12. The van der Waals surface area contributed by atoms with E-state index in [2.05, 4.69) is 189 Å². The van der Waals surface area contributed by atoms with E-state index in [0.717, 1.165) is 0 Å². The van der Waals surface area contributed by atoms with Gasteiger partial charge in [-0.1, -0.05) is 31.6 Å². The van der Waals surface area contributed by atoms with Crippen molar-refractivity contribution in [3.63, 3.8) is 0 Å². The zero-order chi connectivity index (χ0) is 41.2. The van der Waals surface area contributed by atoms with Crippen LogP contribution in [-0.4, -0.2) is 48.3 Å². The lowest BCUT2D eigenvalue weighted by Crippen LogP contribution is -2.31. The number of ether oxygens (including phenoxy) is 3. The molecule has 0 amide bonds. The second kappa shape index (κ2) is 35.7. The van der Waals surface area contributed by atoms with Gasteiger partial charge >= 0.3 is 23.9 Å². The number of esters is 3. The first-order chi connectivity index (χ1) is 27.3. The van der Waals surface area contributed by atoms with E-state index in [1.165, 1.54) is 0 Å². The lowest BCUT2D eigenvalue weighted by Gasteiger charge is -2.18. The topological polar surface area (TPSA) is 116 Å². The van der Waals surface area contributed by atoms with E-state index in [0.29, 0.717) is 19.3 Å². The van der Waals surface area contributed by atoms with Gasteiger partial charge in [0.05, 0.1) is 0 Å². The minimum absolute atomic E-state index is 0.0108. The van der Waals surface area contributed by atoms with Crippen LogP contribution >= 0.6 is 0 Å². The summed E-state index contributed by atoms with van der Waals surface area (Å²) in [6, 6.07) is 0. The second-order valence-corrected chi connectivity index (χ2v) is 9.51. The molecule has 1 unspecified atom stereocenters. The van der Waals surface area contributed by atoms with Crippen LogP contribution in [0.2, 0.25) is 0 Å². The maximum atomic E-state index is 12.6. The Morgan fingerprint density at radius 1 is 0.482 bits per heavy atom.